The summed E-state index contributed by atoms with van der Waals surface area (Å²) in [6.45, 7) is 4.04. The zero-order chi connectivity index (χ0) is 14.5. The number of anilines is 2. The lowest BCUT2D eigenvalue weighted by Crippen LogP contribution is -2.14. The van der Waals surface area contributed by atoms with Gasteiger partial charge in [0.2, 0.25) is 0 Å². The molecule has 0 radical (unpaired) electrons. The van der Waals surface area contributed by atoms with Crippen LogP contribution in [0.1, 0.15) is 24.3 Å². The molecular weight excluding hydrogens is 257 g/mol. The van der Waals surface area contributed by atoms with Crippen LogP contribution in [0.3, 0.4) is 0 Å². The van der Waals surface area contributed by atoms with Crippen molar-refractivity contribution in [1.29, 1.82) is 0 Å². The molecule has 0 saturated carbocycles. The van der Waals surface area contributed by atoms with Gasteiger partial charge in [0.05, 0.1) is 11.9 Å². The number of pyridine rings is 1. The Hall–Kier alpha value is -2.43. The van der Waals surface area contributed by atoms with Gasteiger partial charge in [-0.2, -0.15) is 0 Å². The van der Waals surface area contributed by atoms with E-state index in [9.17, 15) is 9.18 Å². The Morgan fingerprint density at radius 2 is 2.00 bits per heavy atom. The fraction of sp³-hybridized carbons (Fsp3) is 0.200. The van der Waals surface area contributed by atoms with E-state index in [1.807, 2.05) is 13.8 Å². The lowest BCUT2D eigenvalue weighted by atomic mass is 10.2. The van der Waals surface area contributed by atoms with Crippen LogP contribution in [0.4, 0.5) is 15.8 Å². The number of aromatic nitrogens is 1. The number of benzene rings is 1. The molecule has 1 amide bonds. The lowest BCUT2D eigenvalue weighted by molar-refractivity contribution is 0.102. The fourth-order valence-corrected chi connectivity index (χ4v) is 1.71. The maximum absolute atomic E-state index is 13.0. The van der Waals surface area contributed by atoms with Gasteiger partial charge in [-0.1, -0.05) is 6.07 Å². The third-order valence-electron chi connectivity index (χ3n) is 2.53. The molecule has 4 nitrogen and oxygen atoms in total. The summed E-state index contributed by atoms with van der Waals surface area (Å²) in [5.74, 6) is -0.765. The topological polar surface area (TPSA) is 54.0 Å². The Morgan fingerprint density at radius 1 is 1.20 bits per heavy atom. The highest BCUT2D eigenvalue weighted by Crippen LogP contribution is 2.12. The van der Waals surface area contributed by atoms with E-state index in [-0.39, 0.29) is 11.6 Å². The van der Waals surface area contributed by atoms with Crippen molar-refractivity contribution < 1.29 is 9.18 Å². The minimum Gasteiger partial charge on any atom is -0.382 e. The molecule has 2 N–H and O–H groups in total. The van der Waals surface area contributed by atoms with Crippen LogP contribution in [0.15, 0.2) is 42.6 Å². The van der Waals surface area contributed by atoms with Crippen LogP contribution in [0.5, 0.6) is 0 Å². The molecule has 2 rings (SSSR count). The second-order valence-electron chi connectivity index (χ2n) is 4.70. The highest BCUT2D eigenvalue weighted by molar-refractivity contribution is 6.02. The Balaban J connectivity index is 2.06. The lowest BCUT2D eigenvalue weighted by Gasteiger charge is -2.10. The van der Waals surface area contributed by atoms with E-state index in [4.69, 9.17) is 0 Å². The van der Waals surface area contributed by atoms with Gasteiger partial charge in [0.15, 0.2) is 0 Å². The number of carbonyl (C=O) groups is 1. The van der Waals surface area contributed by atoms with Crippen LogP contribution in [0, 0.1) is 5.82 Å². The first-order chi connectivity index (χ1) is 9.54. The third kappa shape index (κ3) is 3.78. The first-order valence-electron chi connectivity index (χ1n) is 6.34. The van der Waals surface area contributed by atoms with Gasteiger partial charge >= 0.3 is 0 Å². The number of rotatable bonds is 4. The Bertz CT molecular complexity index is 596. The van der Waals surface area contributed by atoms with Gasteiger partial charge in [0.1, 0.15) is 11.5 Å². The van der Waals surface area contributed by atoms with Crippen molar-refractivity contribution >= 4 is 17.3 Å². The molecule has 0 atom stereocenters. The van der Waals surface area contributed by atoms with Crippen LogP contribution >= 0.6 is 0 Å². The van der Waals surface area contributed by atoms with Gasteiger partial charge in [-0.25, -0.2) is 9.37 Å². The molecule has 0 aliphatic carbocycles. The average molecular weight is 273 g/mol. The zero-order valence-corrected chi connectivity index (χ0v) is 11.4. The Labute approximate surface area is 117 Å². The number of carbonyl (C=O) groups excluding carboxylic acids is 1. The van der Waals surface area contributed by atoms with Gasteiger partial charge < -0.3 is 10.6 Å². The van der Waals surface area contributed by atoms with Crippen LogP contribution < -0.4 is 10.6 Å². The van der Waals surface area contributed by atoms with Crippen molar-refractivity contribution in [3.05, 3.63) is 54.1 Å². The second kappa shape index (κ2) is 6.14. The quantitative estimate of drug-likeness (QED) is 0.898. The standard InChI is InChI=1S/C15H16FN3O/c1-10(2)18-13-6-7-14(17-9-13)15(20)19-12-5-3-4-11(16)8-12/h3-10,18H,1-2H3,(H,19,20). The highest BCUT2D eigenvalue weighted by atomic mass is 19.1. The summed E-state index contributed by atoms with van der Waals surface area (Å²) in [6.07, 6.45) is 1.60. The second-order valence-corrected chi connectivity index (χ2v) is 4.70. The molecule has 2 aromatic rings. The SMILES string of the molecule is CC(C)Nc1ccc(C(=O)Nc2cccc(F)c2)nc1. The summed E-state index contributed by atoms with van der Waals surface area (Å²) in [4.78, 5) is 16.0. The first kappa shape index (κ1) is 14.0. The third-order valence-corrected chi connectivity index (χ3v) is 2.53. The van der Waals surface area contributed by atoms with Crippen LogP contribution in [-0.4, -0.2) is 16.9 Å². The summed E-state index contributed by atoms with van der Waals surface area (Å²) in [6, 6.07) is 9.44. The maximum atomic E-state index is 13.0. The van der Waals surface area contributed by atoms with Crippen molar-refractivity contribution in [1.82, 2.24) is 4.98 Å². The minimum atomic E-state index is -0.396. The summed E-state index contributed by atoms with van der Waals surface area (Å²) < 4.78 is 13.0. The molecule has 104 valence electrons. The maximum Gasteiger partial charge on any atom is 0.274 e. The van der Waals surface area contributed by atoms with Crippen molar-refractivity contribution in [2.75, 3.05) is 10.6 Å². The summed E-state index contributed by atoms with van der Waals surface area (Å²) in [5, 5.41) is 5.78. The van der Waals surface area contributed by atoms with E-state index in [1.165, 1.54) is 18.2 Å². The molecule has 0 spiro atoms. The van der Waals surface area contributed by atoms with E-state index >= 15 is 0 Å². The smallest absolute Gasteiger partial charge is 0.274 e. The van der Waals surface area contributed by atoms with Crippen molar-refractivity contribution in [3.63, 3.8) is 0 Å². The van der Waals surface area contributed by atoms with E-state index in [0.29, 0.717) is 11.7 Å². The first-order valence-corrected chi connectivity index (χ1v) is 6.34. The molecule has 20 heavy (non-hydrogen) atoms. The number of halogens is 1. The van der Waals surface area contributed by atoms with Crippen molar-refractivity contribution in [3.8, 4) is 0 Å². The van der Waals surface area contributed by atoms with Crippen LogP contribution in [-0.2, 0) is 0 Å². The molecule has 1 aromatic carbocycles. The molecule has 0 aliphatic heterocycles. The van der Waals surface area contributed by atoms with E-state index in [0.717, 1.165) is 5.69 Å². The molecule has 0 bridgehead atoms. The van der Waals surface area contributed by atoms with Gasteiger partial charge in [-0.3, -0.25) is 4.79 Å². The molecular formula is C15H16FN3O. The number of amides is 1. The zero-order valence-electron chi connectivity index (χ0n) is 11.4. The molecule has 0 unspecified atom stereocenters. The summed E-state index contributed by atoms with van der Waals surface area (Å²) in [5.41, 5.74) is 1.53. The minimum absolute atomic E-state index is 0.281. The summed E-state index contributed by atoms with van der Waals surface area (Å²) in [7, 11) is 0. The average Bonchev–Trinajstić information content (AvgIpc) is 2.38. The van der Waals surface area contributed by atoms with Gasteiger partial charge in [0, 0.05) is 11.7 Å². The molecule has 1 aromatic heterocycles. The van der Waals surface area contributed by atoms with E-state index < -0.39 is 5.82 Å². The van der Waals surface area contributed by atoms with Crippen molar-refractivity contribution in [2.24, 2.45) is 0 Å². The van der Waals surface area contributed by atoms with E-state index in [2.05, 4.69) is 15.6 Å². The van der Waals surface area contributed by atoms with Gasteiger partial charge in [-0.05, 0) is 44.2 Å². The van der Waals surface area contributed by atoms with Gasteiger partial charge in [0.25, 0.3) is 5.91 Å². The van der Waals surface area contributed by atoms with E-state index in [1.54, 1.807) is 24.4 Å². The molecule has 0 saturated heterocycles. The number of nitrogens with one attached hydrogen (secondary N) is 2. The Kier molecular flexibility index (Phi) is 4.30. The predicted octanol–water partition coefficient (Wildman–Crippen LogP) is 3.29. The normalized spacial score (nSPS) is 10.4. The highest BCUT2D eigenvalue weighted by Gasteiger charge is 2.08. The Morgan fingerprint density at radius 3 is 2.60 bits per heavy atom. The van der Waals surface area contributed by atoms with Crippen LogP contribution in [0.25, 0.3) is 0 Å². The molecule has 5 heteroatoms. The molecule has 0 fully saturated rings. The monoisotopic (exact) mass is 273 g/mol. The summed E-state index contributed by atoms with van der Waals surface area (Å²) >= 11 is 0. The van der Waals surface area contributed by atoms with Crippen LogP contribution in [0.2, 0.25) is 0 Å². The fourth-order valence-electron chi connectivity index (χ4n) is 1.71. The number of hydrogen-bond acceptors (Lipinski definition) is 3. The molecule has 0 aliphatic rings. The van der Waals surface area contributed by atoms with Crippen molar-refractivity contribution in [2.45, 2.75) is 19.9 Å². The number of hydrogen-bond donors (Lipinski definition) is 2. The van der Waals surface area contributed by atoms with Gasteiger partial charge in [-0.15, -0.1) is 0 Å². The largest absolute Gasteiger partial charge is 0.382 e. The molecule has 1 heterocycles. The predicted molar refractivity (Wildman–Crippen MR) is 77.3 cm³/mol. The number of nitrogens with zero attached hydrogens (tertiary/aromatic N) is 1.